The lowest BCUT2D eigenvalue weighted by molar-refractivity contribution is 0.117. The van der Waals surface area contributed by atoms with Crippen LogP contribution in [0.2, 0.25) is 0 Å². The van der Waals surface area contributed by atoms with E-state index in [1.807, 2.05) is 24.3 Å². The molecule has 0 spiro atoms. The van der Waals surface area contributed by atoms with Gasteiger partial charge in [0.05, 0.1) is 19.8 Å². The quantitative estimate of drug-likeness (QED) is 0.301. The largest absolute Gasteiger partial charge is 0.380 e. The lowest BCUT2D eigenvalue weighted by Gasteiger charge is -2.11. The van der Waals surface area contributed by atoms with Gasteiger partial charge in [-0.15, -0.1) is 24.0 Å². The molecule has 3 N–H and O–H groups in total. The van der Waals surface area contributed by atoms with Crippen molar-refractivity contribution in [3.8, 4) is 0 Å². The Morgan fingerprint density at radius 2 is 2.05 bits per heavy atom. The van der Waals surface area contributed by atoms with E-state index in [1.54, 1.807) is 7.11 Å². The van der Waals surface area contributed by atoms with Gasteiger partial charge in [0.15, 0.2) is 5.96 Å². The summed E-state index contributed by atoms with van der Waals surface area (Å²) in [5.41, 5.74) is 7.82. The van der Waals surface area contributed by atoms with Crippen molar-refractivity contribution in [3.63, 3.8) is 0 Å². The number of methoxy groups -OCH3 is 1. The van der Waals surface area contributed by atoms with Crippen LogP contribution in [-0.4, -0.2) is 32.8 Å². The third kappa shape index (κ3) is 8.90. The van der Waals surface area contributed by atoms with E-state index >= 15 is 0 Å². The lowest BCUT2D eigenvalue weighted by Crippen LogP contribution is -2.24. The van der Waals surface area contributed by atoms with Gasteiger partial charge < -0.3 is 20.5 Å². The molecule has 120 valence electrons. The Kier molecular flexibility index (Phi) is 11.3. The molecular formula is C15H26IN3O2. The van der Waals surface area contributed by atoms with E-state index in [1.165, 1.54) is 0 Å². The van der Waals surface area contributed by atoms with E-state index in [2.05, 4.69) is 24.2 Å². The summed E-state index contributed by atoms with van der Waals surface area (Å²) in [6.45, 7) is 6.66. The normalized spacial score (nSPS) is 11.3. The van der Waals surface area contributed by atoms with E-state index in [-0.39, 0.29) is 24.0 Å². The van der Waals surface area contributed by atoms with E-state index in [0.29, 0.717) is 31.6 Å². The van der Waals surface area contributed by atoms with Crippen molar-refractivity contribution in [1.82, 2.24) is 0 Å². The molecule has 0 saturated heterocycles. The van der Waals surface area contributed by atoms with Gasteiger partial charge in [0.25, 0.3) is 0 Å². The van der Waals surface area contributed by atoms with Crippen molar-refractivity contribution in [1.29, 1.82) is 0 Å². The van der Waals surface area contributed by atoms with Crippen LogP contribution in [0.4, 0.5) is 5.69 Å². The molecule has 0 radical (unpaired) electrons. The van der Waals surface area contributed by atoms with Gasteiger partial charge in [-0.25, -0.2) is 0 Å². The summed E-state index contributed by atoms with van der Waals surface area (Å²) in [5, 5.41) is 3.09. The van der Waals surface area contributed by atoms with Crippen molar-refractivity contribution in [2.45, 2.75) is 20.5 Å². The predicted molar refractivity (Wildman–Crippen MR) is 98.3 cm³/mol. The Balaban J connectivity index is 0.00000400. The predicted octanol–water partition coefficient (Wildman–Crippen LogP) is 2.85. The molecule has 6 heteroatoms. The van der Waals surface area contributed by atoms with Crippen LogP contribution >= 0.6 is 24.0 Å². The molecule has 1 aromatic rings. The van der Waals surface area contributed by atoms with Crippen LogP contribution in [0.3, 0.4) is 0 Å². The fourth-order valence-corrected chi connectivity index (χ4v) is 1.65. The first-order valence-corrected chi connectivity index (χ1v) is 6.85. The van der Waals surface area contributed by atoms with Gasteiger partial charge in [-0.1, -0.05) is 32.0 Å². The van der Waals surface area contributed by atoms with Crippen LogP contribution in [0.5, 0.6) is 0 Å². The first kappa shape index (κ1) is 20.1. The van der Waals surface area contributed by atoms with Gasteiger partial charge in [-0.05, 0) is 12.0 Å². The van der Waals surface area contributed by atoms with Crippen LogP contribution in [0.1, 0.15) is 19.4 Å². The molecule has 0 heterocycles. The zero-order valence-corrected chi connectivity index (χ0v) is 15.3. The third-order valence-electron chi connectivity index (χ3n) is 2.55. The Hall–Kier alpha value is -0.860. The minimum Gasteiger partial charge on any atom is -0.380 e. The summed E-state index contributed by atoms with van der Waals surface area (Å²) in [4.78, 5) is 4.24. The molecule has 0 atom stereocenters. The molecule has 5 nitrogen and oxygen atoms in total. The number of halogens is 1. The molecule has 1 aromatic carbocycles. The average Bonchev–Trinajstić information content (AvgIpc) is 2.40. The van der Waals surface area contributed by atoms with E-state index in [4.69, 9.17) is 15.2 Å². The monoisotopic (exact) mass is 407 g/mol. The summed E-state index contributed by atoms with van der Waals surface area (Å²) < 4.78 is 10.6. The van der Waals surface area contributed by atoms with Gasteiger partial charge >= 0.3 is 0 Å². The Labute approximate surface area is 144 Å². The maximum Gasteiger partial charge on any atom is 0.193 e. The number of nitrogens with zero attached hydrogens (tertiary/aromatic N) is 1. The second kappa shape index (κ2) is 11.8. The molecule has 0 saturated carbocycles. The average molecular weight is 407 g/mol. The number of hydrogen-bond donors (Lipinski definition) is 2. The number of rotatable bonds is 8. The van der Waals surface area contributed by atoms with Gasteiger partial charge in [0.2, 0.25) is 0 Å². The zero-order chi connectivity index (χ0) is 14.8. The van der Waals surface area contributed by atoms with E-state index in [9.17, 15) is 0 Å². The van der Waals surface area contributed by atoms with Crippen LogP contribution < -0.4 is 11.1 Å². The van der Waals surface area contributed by atoms with Crippen LogP contribution in [0, 0.1) is 5.92 Å². The van der Waals surface area contributed by atoms with E-state index < -0.39 is 0 Å². The van der Waals surface area contributed by atoms with Gasteiger partial charge in [-0.3, -0.25) is 4.99 Å². The number of benzene rings is 1. The number of anilines is 1. The number of aliphatic imine (C=N–C) groups is 1. The molecule has 0 aliphatic heterocycles. The lowest BCUT2D eigenvalue weighted by atomic mass is 10.2. The molecule has 1 rings (SSSR count). The molecule has 21 heavy (non-hydrogen) atoms. The molecule has 0 aliphatic carbocycles. The maximum absolute atomic E-state index is 5.86. The Morgan fingerprint density at radius 1 is 1.33 bits per heavy atom. The number of ether oxygens (including phenoxy) is 2. The van der Waals surface area contributed by atoms with Crippen LogP contribution in [0.25, 0.3) is 0 Å². The molecule has 0 bridgehead atoms. The van der Waals surface area contributed by atoms with Crippen LogP contribution in [-0.2, 0) is 16.1 Å². The van der Waals surface area contributed by atoms with Crippen molar-refractivity contribution in [2.75, 3.05) is 32.2 Å². The topological polar surface area (TPSA) is 68.9 Å². The molecule has 0 amide bonds. The smallest absolute Gasteiger partial charge is 0.193 e. The summed E-state index contributed by atoms with van der Waals surface area (Å²) in [6, 6.07) is 7.85. The van der Waals surface area contributed by atoms with Gasteiger partial charge in [0.1, 0.15) is 0 Å². The molecular weight excluding hydrogens is 381 g/mol. The molecule has 0 aliphatic rings. The second-order valence-electron chi connectivity index (χ2n) is 4.95. The second-order valence-corrected chi connectivity index (χ2v) is 4.95. The highest BCUT2D eigenvalue weighted by molar-refractivity contribution is 14.0. The highest BCUT2D eigenvalue weighted by atomic mass is 127. The molecule has 0 fully saturated rings. The first-order valence-electron chi connectivity index (χ1n) is 6.85. The highest BCUT2D eigenvalue weighted by Gasteiger charge is 2.02. The highest BCUT2D eigenvalue weighted by Crippen LogP contribution is 2.15. The molecule has 0 unspecified atom stereocenters. The van der Waals surface area contributed by atoms with Crippen molar-refractivity contribution < 1.29 is 9.47 Å². The van der Waals surface area contributed by atoms with Crippen molar-refractivity contribution >= 4 is 35.6 Å². The number of guanidine groups is 1. The minimum absolute atomic E-state index is 0. The maximum atomic E-state index is 5.86. The summed E-state index contributed by atoms with van der Waals surface area (Å²) in [7, 11) is 1.67. The number of nitrogens with two attached hydrogens (primary N) is 1. The van der Waals surface area contributed by atoms with E-state index in [0.717, 1.165) is 17.9 Å². The SMILES string of the molecule is COCc1ccccc1NC(N)=NCCOCC(C)C.I. The van der Waals surface area contributed by atoms with Gasteiger partial charge in [-0.2, -0.15) is 0 Å². The minimum atomic E-state index is 0. The summed E-state index contributed by atoms with van der Waals surface area (Å²) >= 11 is 0. The van der Waals surface area contributed by atoms with Crippen molar-refractivity contribution in [3.05, 3.63) is 29.8 Å². The first-order chi connectivity index (χ1) is 9.63. The summed E-state index contributed by atoms with van der Waals surface area (Å²) in [5.74, 6) is 0.928. The number of hydrogen-bond acceptors (Lipinski definition) is 3. The number of nitrogens with one attached hydrogen (secondary N) is 1. The van der Waals surface area contributed by atoms with Gasteiger partial charge in [0, 0.05) is 25.0 Å². The van der Waals surface area contributed by atoms with Crippen molar-refractivity contribution in [2.24, 2.45) is 16.6 Å². The Morgan fingerprint density at radius 3 is 2.71 bits per heavy atom. The zero-order valence-electron chi connectivity index (χ0n) is 13.0. The van der Waals surface area contributed by atoms with Crippen LogP contribution in [0.15, 0.2) is 29.3 Å². The fraction of sp³-hybridized carbons (Fsp3) is 0.533. The fourth-order valence-electron chi connectivity index (χ4n) is 1.65. The molecule has 0 aromatic heterocycles. The summed E-state index contributed by atoms with van der Waals surface area (Å²) in [6.07, 6.45) is 0. The Bertz CT molecular complexity index is 425. The number of para-hydroxylation sites is 1. The standard InChI is InChI=1S/C15H25N3O2.HI/c1-12(2)10-20-9-8-17-15(16)18-14-7-5-4-6-13(14)11-19-3;/h4-7,12H,8-11H2,1-3H3,(H3,16,17,18);1H. The third-order valence-corrected chi connectivity index (χ3v) is 2.55.